The first-order chi connectivity index (χ1) is 15.0. The molecule has 1 aliphatic rings. The van der Waals surface area contributed by atoms with Crippen molar-refractivity contribution in [3.63, 3.8) is 0 Å². The van der Waals surface area contributed by atoms with Gasteiger partial charge >= 0.3 is 0 Å². The van der Waals surface area contributed by atoms with E-state index in [1.165, 1.54) is 12.8 Å². The summed E-state index contributed by atoms with van der Waals surface area (Å²) in [6.45, 7) is 5.65. The third-order valence-corrected chi connectivity index (χ3v) is 5.64. The standard InChI is InChI=1S/C24H35N5O2/c1-18-10-11-22(31-18)21(29-14-5-6-15-29)17-27-24(25-2)26-13-12-19-8-7-9-20(16-19)23(30)28(3)4/h7-11,16,21H,5-6,12-15,17H2,1-4H3,(H2,25,26,27). The van der Waals surface area contributed by atoms with E-state index in [1.807, 2.05) is 37.3 Å². The van der Waals surface area contributed by atoms with Gasteiger partial charge < -0.3 is 20.0 Å². The zero-order valence-electron chi connectivity index (χ0n) is 19.1. The SMILES string of the molecule is CN=C(NCCc1cccc(C(=O)N(C)C)c1)NCC(c1ccc(C)o1)N1CCCC1. The van der Waals surface area contributed by atoms with Gasteiger partial charge in [0.05, 0.1) is 6.04 Å². The fourth-order valence-electron chi connectivity index (χ4n) is 3.95. The van der Waals surface area contributed by atoms with Crippen LogP contribution in [0.4, 0.5) is 0 Å². The highest BCUT2D eigenvalue weighted by Gasteiger charge is 2.26. The van der Waals surface area contributed by atoms with Gasteiger partial charge in [-0.2, -0.15) is 0 Å². The van der Waals surface area contributed by atoms with Gasteiger partial charge in [0.2, 0.25) is 0 Å². The fraction of sp³-hybridized carbons (Fsp3) is 0.500. The maximum Gasteiger partial charge on any atom is 0.253 e. The summed E-state index contributed by atoms with van der Waals surface area (Å²) in [7, 11) is 5.32. The highest BCUT2D eigenvalue weighted by molar-refractivity contribution is 5.94. The molecule has 7 nitrogen and oxygen atoms in total. The Balaban J connectivity index is 1.53. The lowest BCUT2D eigenvalue weighted by atomic mass is 10.1. The van der Waals surface area contributed by atoms with Crippen LogP contribution in [-0.2, 0) is 6.42 Å². The summed E-state index contributed by atoms with van der Waals surface area (Å²) in [5.41, 5.74) is 1.84. The number of likely N-dealkylation sites (tertiary alicyclic amines) is 1. The number of carbonyl (C=O) groups excluding carboxylic acids is 1. The maximum absolute atomic E-state index is 12.2. The Hall–Kier alpha value is -2.80. The number of carbonyl (C=O) groups is 1. The molecule has 1 aromatic carbocycles. The summed E-state index contributed by atoms with van der Waals surface area (Å²) in [5, 5.41) is 6.85. The summed E-state index contributed by atoms with van der Waals surface area (Å²) in [6.07, 6.45) is 3.28. The molecule has 31 heavy (non-hydrogen) atoms. The molecule has 0 saturated carbocycles. The van der Waals surface area contributed by atoms with Gasteiger partial charge in [-0.3, -0.25) is 14.7 Å². The largest absolute Gasteiger partial charge is 0.465 e. The molecule has 1 amide bonds. The molecule has 1 atom stereocenters. The molecule has 2 aromatic rings. The average molecular weight is 426 g/mol. The minimum atomic E-state index is 0.0217. The van der Waals surface area contributed by atoms with Crippen LogP contribution in [0, 0.1) is 6.92 Å². The number of furan rings is 1. The molecule has 2 heterocycles. The Morgan fingerprint density at radius 2 is 1.97 bits per heavy atom. The van der Waals surface area contributed by atoms with Gasteiger partial charge in [-0.15, -0.1) is 0 Å². The Labute approximate surface area is 185 Å². The van der Waals surface area contributed by atoms with Gasteiger partial charge in [0.1, 0.15) is 11.5 Å². The summed E-state index contributed by atoms with van der Waals surface area (Å²) >= 11 is 0. The van der Waals surface area contributed by atoms with E-state index < -0.39 is 0 Å². The predicted octanol–water partition coefficient (Wildman–Crippen LogP) is 2.83. The predicted molar refractivity (Wildman–Crippen MR) is 125 cm³/mol. The van der Waals surface area contributed by atoms with E-state index in [4.69, 9.17) is 4.42 Å². The summed E-state index contributed by atoms with van der Waals surface area (Å²) in [5.74, 6) is 2.74. The third-order valence-electron chi connectivity index (χ3n) is 5.64. The number of hydrogen-bond donors (Lipinski definition) is 2. The Bertz CT molecular complexity index is 884. The highest BCUT2D eigenvalue weighted by atomic mass is 16.3. The zero-order valence-corrected chi connectivity index (χ0v) is 19.1. The second kappa shape index (κ2) is 11.0. The van der Waals surface area contributed by atoms with Crippen molar-refractivity contribution in [3.05, 3.63) is 59.0 Å². The van der Waals surface area contributed by atoms with Crippen molar-refractivity contribution in [1.29, 1.82) is 0 Å². The Morgan fingerprint density at radius 3 is 2.61 bits per heavy atom. The van der Waals surface area contributed by atoms with E-state index in [2.05, 4.69) is 26.6 Å². The first kappa shape index (κ1) is 22.9. The second-order valence-corrected chi connectivity index (χ2v) is 8.24. The molecule has 1 unspecified atom stereocenters. The second-order valence-electron chi connectivity index (χ2n) is 8.24. The normalized spacial score (nSPS) is 15.7. The van der Waals surface area contributed by atoms with E-state index in [0.29, 0.717) is 5.56 Å². The number of aryl methyl sites for hydroxylation is 1. The molecule has 0 radical (unpaired) electrons. The molecule has 1 fully saturated rings. The molecule has 1 aromatic heterocycles. The van der Waals surface area contributed by atoms with Gasteiger partial charge in [0.15, 0.2) is 5.96 Å². The molecular formula is C24H35N5O2. The van der Waals surface area contributed by atoms with E-state index in [-0.39, 0.29) is 11.9 Å². The fourth-order valence-corrected chi connectivity index (χ4v) is 3.95. The topological polar surface area (TPSA) is 73.1 Å². The van der Waals surface area contributed by atoms with Crippen LogP contribution in [0.15, 0.2) is 45.8 Å². The maximum atomic E-state index is 12.2. The number of hydrogen-bond acceptors (Lipinski definition) is 4. The van der Waals surface area contributed by atoms with Crippen LogP contribution in [0.5, 0.6) is 0 Å². The molecule has 0 bridgehead atoms. The Morgan fingerprint density at radius 1 is 1.19 bits per heavy atom. The number of nitrogens with zero attached hydrogens (tertiary/aromatic N) is 3. The molecule has 0 spiro atoms. The van der Waals surface area contributed by atoms with E-state index in [9.17, 15) is 4.79 Å². The number of benzene rings is 1. The van der Waals surface area contributed by atoms with Crippen LogP contribution in [0.2, 0.25) is 0 Å². The lowest BCUT2D eigenvalue weighted by Gasteiger charge is -2.26. The van der Waals surface area contributed by atoms with Crippen molar-refractivity contribution in [3.8, 4) is 0 Å². The van der Waals surface area contributed by atoms with Crippen molar-refractivity contribution in [2.75, 3.05) is 47.3 Å². The van der Waals surface area contributed by atoms with Crippen molar-refractivity contribution >= 4 is 11.9 Å². The van der Waals surface area contributed by atoms with Crippen molar-refractivity contribution in [1.82, 2.24) is 20.4 Å². The first-order valence-corrected chi connectivity index (χ1v) is 11.0. The Kier molecular flexibility index (Phi) is 8.12. The number of guanidine groups is 1. The van der Waals surface area contributed by atoms with Crippen molar-refractivity contribution in [2.24, 2.45) is 4.99 Å². The summed E-state index contributed by atoms with van der Waals surface area (Å²) in [4.78, 5) is 20.6. The van der Waals surface area contributed by atoms with Crippen molar-refractivity contribution < 1.29 is 9.21 Å². The highest BCUT2D eigenvalue weighted by Crippen LogP contribution is 2.26. The monoisotopic (exact) mass is 425 g/mol. The summed E-state index contributed by atoms with van der Waals surface area (Å²) in [6, 6.07) is 12.1. The van der Waals surface area contributed by atoms with Crippen molar-refractivity contribution in [2.45, 2.75) is 32.2 Å². The zero-order chi connectivity index (χ0) is 22.2. The lowest BCUT2D eigenvalue weighted by molar-refractivity contribution is 0.0827. The lowest BCUT2D eigenvalue weighted by Crippen LogP contribution is -2.43. The van der Waals surface area contributed by atoms with E-state index >= 15 is 0 Å². The smallest absolute Gasteiger partial charge is 0.253 e. The third kappa shape index (κ3) is 6.34. The first-order valence-electron chi connectivity index (χ1n) is 11.0. The molecule has 2 N–H and O–H groups in total. The quantitative estimate of drug-likeness (QED) is 0.503. The van der Waals surface area contributed by atoms with Crippen LogP contribution in [0.1, 0.15) is 46.3 Å². The number of amides is 1. The molecule has 7 heteroatoms. The van der Waals surface area contributed by atoms with Crippen LogP contribution >= 0.6 is 0 Å². The minimum Gasteiger partial charge on any atom is -0.465 e. The molecule has 1 aliphatic heterocycles. The van der Waals surface area contributed by atoms with E-state index in [1.54, 1.807) is 26.0 Å². The average Bonchev–Trinajstić information content (AvgIpc) is 3.44. The molecule has 1 saturated heterocycles. The van der Waals surface area contributed by atoms with Gasteiger partial charge in [-0.05, 0) is 69.1 Å². The molecule has 168 valence electrons. The van der Waals surface area contributed by atoms with Gasteiger partial charge in [-0.1, -0.05) is 12.1 Å². The van der Waals surface area contributed by atoms with Crippen LogP contribution in [0.25, 0.3) is 0 Å². The number of nitrogens with one attached hydrogen (secondary N) is 2. The van der Waals surface area contributed by atoms with Gasteiger partial charge in [0, 0.05) is 39.8 Å². The van der Waals surface area contributed by atoms with Gasteiger partial charge in [0.25, 0.3) is 5.91 Å². The van der Waals surface area contributed by atoms with Crippen LogP contribution in [-0.4, -0.2) is 69.0 Å². The minimum absolute atomic E-state index is 0.0217. The van der Waals surface area contributed by atoms with Crippen LogP contribution in [0.3, 0.4) is 0 Å². The number of rotatable bonds is 8. The molecule has 0 aliphatic carbocycles. The molecule has 3 rings (SSSR count). The molecular weight excluding hydrogens is 390 g/mol. The van der Waals surface area contributed by atoms with E-state index in [0.717, 1.165) is 55.6 Å². The van der Waals surface area contributed by atoms with Crippen LogP contribution < -0.4 is 10.6 Å². The number of aliphatic imine (C=N–C) groups is 1. The van der Waals surface area contributed by atoms with Gasteiger partial charge in [-0.25, -0.2) is 0 Å². The summed E-state index contributed by atoms with van der Waals surface area (Å²) < 4.78 is 5.94.